The molecule has 2 heterocycles. The Labute approximate surface area is 180 Å². The van der Waals surface area contributed by atoms with Gasteiger partial charge in [0.15, 0.2) is 0 Å². The molecule has 0 fully saturated rings. The first-order valence-electron chi connectivity index (χ1n) is 10.0. The first-order chi connectivity index (χ1) is 15.1. The summed E-state index contributed by atoms with van der Waals surface area (Å²) in [5, 5.41) is 5.45. The number of benzene rings is 1. The van der Waals surface area contributed by atoms with Gasteiger partial charge in [-0.05, 0) is 24.1 Å². The van der Waals surface area contributed by atoms with Gasteiger partial charge in [0.25, 0.3) is 0 Å². The number of rotatable bonds is 11. The third-order valence-electron chi connectivity index (χ3n) is 4.70. The Morgan fingerprint density at radius 3 is 2.45 bits per heavy atom. The fraction of sp³-hybridized carbons (Fsp3) is 0.261. The lowest BCUT2D eigenvalue weighted by Gasteiger charge is -2.20. The van der Waals surface area contributed by atoms with Crippen LogP contribution in [0.4, 0.5) is 0 Å². The number of pyridine rings is 1. The van der Waals surface area contributed by atoms with Gasteiger partial charge >= 0.3 is 0 Å². The Balaban J connectivity index is 1.63. The molecule has 2 amide bonds. The van der Waals surface area contributed by atoms with Gasteiger partial charge in [-0.3, -0.25) is 19.4 Å². The van der Waals surface area contributed by atoms with Gasteiger partial charge in [-0.15, -0.1) is 0 Å². The minimum atomic E-state index is -0.862. The SMILES string of the molecule is O=[C]C(Cc1c[nH]cn1)NC(=O)C(Cc1ccccc1)NC(=O)CCc1ccccn1. The number of carbonyl (C=O) groups is 2. The number of carbonyl (C=O) groups excluding carboxylic acids is 3. The molecule has 0 aliphatic rings. The van der Waals surface area contributed by atoms with Crippen molar-refractivity contribution in [2.24, 2.45) is 0 Å². The Morgan fingerprint density at radius 1 is 0.968 bits per heavy atom. The average Bonchev–Trinajstić information content (AvgIpc) is 3.31. The van der Waals surface area contributed by atoms with Gasteiger partial charge in [-0.1, -0.05) is 36.4 Å². The highest BCUT2D eigenvalue weighted by atomic mass is 16.2. The summed E-state index contributed by atoms with van der Waals surface area (Å²) in [6.45, 7) is 0. The zero-order valence-corrected chi connectivity index (χ0v) is 17.0. The van der Waals surface area contributed by atoms with E-state index in [1.54, 1.807) is 12.4 Å². The second-order valence-corrected chi connectivity index (χ2v) is 7.07. The van der Waals surface area contributed by atoms with Crippen LogP contribution in [0.15, 0.2) is 67.3 Å². The normalized spacial score (nSPS) is 12.5. The molecular formula is C23H24N5O3. The van der Waals surface area contributed by atoms with Gasteiger partial charge < -0.3 is 15.6 Å². The van der Waals surface area contributed by atoms with Crippen molar-refractivity contribution in [3.05, 3.63) is 84.2 Å². The molecule has 8 nitrogen and oxygen atoms in total. The molecule has 8 heteroatoms. The molecule has 0 saturated carbocycles. The van der Waals surface area contributed by atoms with Crippen LogP contribution < -0.4 is 10.6 Å². The van der Waals surface area contributed by atoms with E-state index in [4.69, 9.17) is 0 Å². The molecule has 159 valence electrons. The maximum atomic E-state index is 12.9. The Morgan fingerprint density at radius 2 is 1.77 bits per heavy atom. The smallest absolute Gasteiger partial charge is 0.243 e. The molecule has 3 rings (SSSR count). The molecule has 2 aromatic heterocycles. The molecule has 3 N–H and O–H groups in total. The number of hydrogen-bond acceptors (Lipinski definition) is 5. The predicted octanol–water partition coefficient (Wildman–Crippen LogP) is 1.30. The van der Waals surface area contributed by atoms with E-state index in [-0.39, 0.29) is 18.7 Å². The monoisotopic (exact) mass is 418 g/mol. The van der Waals surface area contributed by atoms with Crippen LogP contribution in [0.5, 0.6) is 0 Å². The van der Waals surface area contributed by atoms with Crippen molar-refractivity contribution >= 4 is 18.1 Å². The molecule has 0 aliphatic heterocycles. The number of nitrogens with one attached hydrogen (secondary N) is 3. The maximum Gasteiger partial charge on any atom is 0.243 e. The van der Waals surface area contributed by atoms with Crippen LogP contribution in [0.1, 0.15) is 23.4 Å². The van der Waals surface area contributed by atoms with Gasteiger partial charge in [0, 0.05) is 37.4 Å². The van der Waals surface area contributed by atoms with Crippen LogP contribution in [0.2, 0.25) is 0 Å². The first-order valence-corrected chi connectivity index (χ1v) is 10.0. The number of hydrogen-bond donors (Lipinski definition) is 3. The van der Waals surface area contributed by atoms with Crippen LogP contribution in [0.3, 0.4) is 0 Å². The molecule has 2 atom stereocenters. The zero-order chi connectivity index (χ0) is 21.9. The molecular weight excluding hydrogens is 394 g/mol. The Kier molecular flexibility index (Phi) is 8.05. The van der Waals surface area contributed by atoms with E-state index in [9.17, 15) is 14.4 Å². The molecule has 0 spiro atoms. The largest absolute Gasteiger partial charge is 0.351 e. The number of aromatic amines is 1. The summed E-state index contributed by atoms with van der Waals surface area (Å²) < 4.78 is 0. The number of nitrogens with zero attached hydrogens (tertiary/aromatic N) is 2. The van der Waals surface area contributed by atoms with Crippen LogP contribution in [0.25, 0.3) is 0 Å². The predicted molar refractivity (Wildman–Crippen MR) is 115 cm³/mol. The number of imidazole rings is 1. The van der Waals surface area contributed by atoms with Crippen molar-refractivity contribution in [1.82, 2.24) is 25.6 Å². The van der Waals surface area contributed by atoms with Crippen molar-refractivity contribution in [1.29, 1.82) is 0 Å². The minimum Gasteiger partial charge on any atom is -0.351 e. The Bertz CT molecular complexity index is 961. The van der Waals surface area contributed by atoms with E-state index in [1.165, 1.54) is 6.33 Å². The minimum absolute atomic E-state index is 0.200. The molecule has 31 heavy (non-hydrogen) atoms. The highest BCUT2D eigenvalue weighted by Gasteiger charge is 2.24. The highest BCUT2D eigenvalue weighted by molar-refractivity contribution is 5.89. The summed E-state index contributed by atoms with van der Waals surface area (Å²) in [5.41, 5.74) is 2.33. The van der Waals surface area contributed by atoms with Gasteiger partial charge in [-0.2, -0.15) is 0 Å². The molecule has 0 saturated heterocycles. The number of H-pyrrole nitrogens is 1. The summed E-state index contributed by atoms with van der Waals surface area (Å²) in [7, 11) is 0. The maximum absolute atomic E-state index is 12.9. The average molecular weight is 418 g/mol. The fourth-order valence-corrected chi connectivity index (χ4v) is 3.12. The topological polar surface area (TPSA) is 117 Å². The van der Waals surface area contributed by atoms with E-state index in [1.807, 2.05) is 54.8 Å². The fourth-order valence-electron chi connectivity index (χ4n) is 3.12. The first kappa shape index (κ1) is 21.9. The standard InChI is InChI=1S/C23H24N5O3/c29-15-20(13-19-14-24-16-26-19)27-23(31)21(12-17-6-2-1-3-7-17)28-22(30)10-9-18-8-4-5-11-25-18/h1-8,11,14,16,20-21H,9-10,12-13H2,(H,24,26)(H,27,31)(H,28,30). The van der Waals surface area contributed by atoms with Crippen LogP contribution in [-0.2, 0) is 33.6 Å². The number of aryl methyl sites for hydroxylation is 1. The number of amides is 2. The lowest BCUT2D eigenvalue weighted by Crippen LogP contribution is -2.51. The lowest BCUT2D eigenvalue weighted by molar-refractivity contribution is -0.129. The third-order valence-corrected chi connectivity index (χ3v) is 4.70. The van der Waals surface area contributed by atoms with Crippen molar-refractivity contribution in [3.8, 4) is 0 Å². The van der Waals surface area contributed by atoms with Crippen LogP contribution in [-0.4, -0.2) is 45.1 Å². The van der Waals surface area contributed by atoms with Gasteiger partial charge in [0.2, 0.25) is 18.1 Å². The second kappa shape index (κ2) is 11.4. The van der Waals surface area contributed by atoms with E-state index in [0.29, 0.717) is 18.5 Å². The summed E-state index contributed by atoms with van der Waals surface area (Å²) >= 11 is 0. The van der Waals surface area contributed by atoms with Crippen molar-refractivity contribution < 1.29 is 14.4 Å². The zero-order valence-electron chi connectivity index (χ0n) is 17.0. The summed E-state index contributed by atoms with van der Waals surface area (Å²) in [6, 6.07) is 13.2. The van der Waals surface area contributed by atoms with E-state index >= 15 is 0 Å². The lowest BCUT2D eigenvalue weighted by atomic mass is 10.0. The molecule has 1 radical (unpaired) electrons. The molecule has 0 bridgehead atoms. The second-order valence-electron chi connectivity index (χ2n) is 7.07. The van der Waals surface area contributed by atoms with Crippen molar-refractivity contribution in [3.63, 3.8) is 0 Å². The van der Waals surface area contributed by atoms with Crippen LogP contribution in [0, 0.1) is 0 Å². The third kappa shape index (κ3) is 7.18. The van der Waals surface area contributed by atoms with Gasteiger partial charge in [0.05, 0.1) is 12.0 Å². The molecule has 2 unspecified atom stereocenters. The van der Waals surface area contributed by atoms with Gasteiger partial charge in [-0.25, -0.2) is 4.98 Å². The van der Waals surface area contributed by atoms with E-state index < -0.39 is 18.0 Å². The number of aromatic nitrogens is 3. The molecule has 3 aromatic rings. The summed E-state index contributed by atoms with van der Waals surface area (Å²) in [6.07, 6.45) is 7.84. The van der Waals surface area contributed by atoms with Gasteiger partial charge in [0.1, 0.15) is 12.1 Å². The van der Waals surface area contributed by atoms with E-state index in [2.05, 4.69) is 25.6 Å². The summed E-state index contributed by atoms with van der Waals surface area (Å²) in [5.74, 6) is -0.709. The molecule has 0 aliphatic carbocycles. The summed E-state index contributed by atoms with van der Waals surface area (Å²) in [4.78, 5) is 47.9. The highest BCUT2D eigenvalue weighted by Crippen LogP contribution is 2.06. The molecule has 1 aromatic carbocycles. The van der Waals surface area contributed by atoms with Crippen molar-refractivity contribution in [2.75, 3.05) is 0 Å². The quantitative estimate of drug-likeness (QED) is 0.434. The van der Waals surface area contributed by atoms with Crippen LogP contribution >= 0.6 is 0 Å². The van der Waals surface area contributed by atoms with E-state index in [0.717, 1.165) is 11.3 Å². The van der Waals surface area contributed by atoms with Crippen molar-refractivity contribution in [2.45, 2.75) is 37.8 Å². The Hall–Kier alpha value is -3.81.